The molecular weight excluding hydrogens is 296 g/mol. The average Bonchev–Trinajstić information content (AvgIpc) is 3.08. The summed E-state index contributed by atoms with van der Waals surface area (Å²) in [4.78, 5) is 0. The molecule has 0 radical (unpaired) electrons. The van der Waals surface area contributed by atoms with Gasteiger partial charge >= 0.3 is 5.17 Å². The Hall–Kier alpha value is -2.05. The van der Waals surface area contributed by atoms with Gasteiger partial charge in [0, 0.05) is 17.3 Å². The fourth-order valence-corrected chi connectivity index (χ4v) is 3.71. The van der Waals surface area contributed by atoms with E-state index in [0.29, 0.717) is 12.3 Å². The van der Waals surface area contributed by atoms with E-state index < -0.39 is 5.72 Å². The first-order valence-corrected chi connectivity index (χ1v) is 8.07. The molecule has 114 valence electrons. The van der Waals surface area contributed by atoms with Crippen molar-refractivity contribution < 1.29 is 9.68 Å². The fourth-order valence-electron chi connectivity index (χ4n) is 2.50. The molecule has 0 saturated carbocycles. The smallest absolute Gasteiger partial charge is 0.315 e. The van der Waals surface area contributed by atoms with Gasteiger partial charge in [0.05, 0.1) is 5.75 Å². The van der Waals surface area contributed by atoms with Crippen molar-refractivity contribution in [1.29, 1.82) is 0 Å². The van der Waals surface area contributed by atoms with E-state index in [9.17, 15) is 5.11 Å². The number of aromatic amines is 1. The Balaban J connectivity index is 1.97. The van der Waals surface area contributed by atoms with Crippen LogP contribution in [0.3, 0.4) is 0 Å². The minimum Gasteiger partial charge on any atom is -0.349 e. The SMILES string of the molecule is C=CC[N+]1=C(Nc2cc(C)[nH]n2)SCC1(O)c1ccccc1. The molecule has 3 N–H and O–H groups in total. The van der Waals surface area contributed by atoms with Crippen LogP contribution in [0.4, 0.5) is 5.82 Å². The van der Waals surface area contributed by atoms with Gasteiger partial charge in [-0.25, -0.2) is 9.89 Å². The average molecular weight is 315 g/mol. The maximum absolute atomic E-state index is 11.2. The van der Waals surface area contributed by atoms with Gasteiger partial charge in [-0.3, -0.25) is 5.10 Å². The van der Waals surface area contributed by atoms with Crippen LogP contribution < -0.4 is 5.32 Å². The molecule has 6 heteroatoms. The van der Waals surface area contributed by atoms with Crippen molar-refractivity contribution in [2.75, 3.05) is 17.6 Å². The van der Waals surface area contributed by atoms with E-state index in [0.717, 1.165) is 22.2 Å². The van der Waals surface area contributed by atoms with Gasteiger partial charge in [-0.15, -0.1) is 5.10 Å². The van der Waals surface area contributed by atoms with Crippen LogP contribution in [0.1, 0.15) is 11.3 Å². The molecule has 1 unspecified atom stereocenters. The third-order valence-corrected chi connectivity index (χ3v) is 4.73. The molecule has 1 aliphatic rings. The number of benzene rings is 1. The molecule has 0 saturated heterocycles. The predicted molar refractivity (Wildman–Crippen MR) is 90.1 cm³/mol. The summed E-state index contributed by atoms with van der Waals surface area (Å²) in [5, 5.41) is 22.4. The van der Waals surface area contributed by atoms with Crippen molar-refractivity contribution in [1.82, 2.24) is 10.2 Å². The third-order valence-electron chi connectivity index (χ3n) is 3.59. The zero-order chi connectivity index (χ0) is 15.6. The van der Waals surface area contributed by atoms with Crippen LogP contribution in [0.15, 0.2) is 49.1 Å². The minimum absolute atomic E-state index is 0.546. The van der Waals surface area contributed by atoms with Crippen molar-refractivity contribution in [3.05, 3.63) is 60.3 Å². The van der Waals surface area contributed by atoms with Crippen LogP contribution in [0.5, 0.6) is 0 Å². The monoisotopic (exact) mass is 315 g/mol. The lowest BCUT2D eigenvalue weighted by atomic mass is 10.0. The minimum atomic E-state index is -1.05. The highest BCUT2D eigenvalue weighted by atomic mass is 32.2. The maximum Gasteiger partial charge on any atom is 0.315 e. The number of amidine groups is 1. The number of anilines is 1. The van der Waals surface area contributed by atoms with Crippen molar-refractivity contribution in [2.45, 2.75) is 12.6 Å². The quantitative estimate of drug-likeness (QED) is 0.598. The van der Waals surface area contributed by atoms with Crippen LogP contribution in [0.25, 0.3) is 0 Å². The van der Waals surface area contributed by atoms with Gasteiger partial charge in [-0.05, 0) is 18.7 Å². The van der Waals surface area contributed by atoms with E-state index in [4.69, 9.17) is 0 Å². The van der Waals surface area contributed by atoms with Gasteiger partial charge in [-0.1, -0.05) is 43.0 Å². The van der Waals surface area contributed by atoms with Gasteiger partial charge in [0.1, 0.15) is 6.54 Å². The second-order valence-electron chi connectivity index (χ2n) is 5.24. The Morgan fingerprint density at radius 2 is 2.27 bits per heavy atom. The highest BCUT2D eigenvalue weighted by molar-refractivity contribution is 8.14. The number of thioether (sulfide) groups is 1. The van der Waals surface area contributed by atoms with Crippen LogP contribution in [-0.2, 0) is 5.72 Å². The molecule has 0 fully saturated rings. The van der Waals surface area contributed by atoms with Gasteiger partial charge in [0.25, 0.3) is 0 Å². The number of aromatic nitrogens is 2. The first-order valence-electron chi connectivity index (χ1n) is 7.09. The van der Waals surface area contributed by atoms with Crippen molar-refractivity contribution in [3.8, 4) is 0 Å². The molecule has 1 aromatic carbocycles. The van der Waals surface area contributed by atoms with E-state index in [1.54, 1.807) is 17.8 Å². The summed E-state index contributed by atoms with van der Waals surface area (Å²) in [5.41, 5.74) is 0.812. The first-order chi connectivity index (χ1) is 10.6. The zero-order valence-electron chi connectivity index (χ0n) is 12.4. The third kappa shape index (κ3) is 2.67. The molecule has 1 aliphatic heterocycles. The number of nitrogens with zero attached hydrogens (tertiary/aromatic N) is 2. The number of hydrogen-bond donors (Lipinski definition) is 3. The molecule has 0 aliphatic carbocycles. The topological polar surface area (TPSA) is 64.0 Å². The Morgan fingerprint density at radius 1 is 1.50 bits per heavy atom. The predicted octanol–water partition coefficient (Wildman–Crippen LogP) is 2.28. The second-order valence-corrected chi connectivity index (χ2v) is 6.20. The zero-order valence-corrected chi connectivity index (χ0v) is 13.2. The Labute approximate surface area is 133 Å². The van der Waals surface area contributed by atoms with Gasteiger partial charge < -0.3 is 5.11 Å². The van der Waals surface area contributed by atoms with Crippen LogP contribution >= 0.6 is 11.8 Å². The molecule has 0 amide bonds. The van der Waals surface area contributed by atoms with E-state index in [-0.39, 0.29) is 0 Å². The maximum atomic E-state index is 11.2. The Morgan fingerprint density at radius 3 is 2.91 bits per heavy atom. The summed E-state index contributed by atoms with van der Waals surface area (Å²) in [5.74, 6) is 1.29. The van der Waals surface area contributed by atoms with E-state index in [2.05, 4.69) is 22.1 Å². The van der Waals surface area contributed by atoms with Crippen molar-refractivity contribution in [3.63, 3.8) is 0 Å². The van der Waals surface area contributed by atoms with Crippen LogP contribution in [-0.4, -0.2) is 37.3 Å². The van der Waals surface area contributed by atoms with E-state index >= 15 is 0 Å². The first kappa shape index (κ1) is 14.9. The number of H-pyrrole nitrogens is 1. The molecule has 2 aromatic rings. The Bertz CT molecular complexity index is 710. The number of nitrogens with one attached hydrogen (secondary N) is 2. The molecule has 5 nitrogen and oxygen atoms in total. The molecular formula is C16H19N4OS+. The normalized spacial score (nSPS) is 21.2. The van der Waals surface area contributed by atoms with Gasteiger partial charge in [0.2, 0.25) is 11.5 Å². The van der Waals surface area contributed by atoms with Gasteiger partial charge in [0.15, 0.2) is 0 Å². The summed E-state index contributed by atoms with van der Waals surface area (Å²) in [7, 11) is 0. The fraction of sp³-hybridized carbons (Fsp3) is 0.250. The Kier molecular flexibility index (Phi) is 4.04. The number of aryl methyl sites for hydroxylation is 1. The lowest BCUT2D eigenvalue weighted by molar-refractivity contribution is -0.650. The molecule has 1 aromatic heterocycles. The highest BCUT2D eigenvalue weighted by Gasteiger charge is 2.45. The summed E-state index contributed by atoms with van der Waals surface area (Å²) in [6.45, 7) is 6.30. The van der Waals surface area contributed by atoms with Crippen LogP contribution in [0.2, 0.25) is 0 Å². The molecule has 2 heterocycles. The molecule has 0 bridgehead atoms. The lowest BCUT2D eigenvalue weighted by Gasteiger charge is -2.23. The number of rotatable bonds is 4. The lowest BCUT2D eigenvalue weighted by Crippen LogP contribution is -2.40. The van der Waals surface area contributed by atoms with Crippen molar-refractivity contribution >= 4 is 22.7 Å². The molecule has 22 heavy (non-hydrogen) atoms. The van der Waals surface area contributed by atoms with E-state index in [1.807, 2.05) is 47.9 Å². The number of aliphatic hydroxyl groups is 1. The standard InChI is InChI=1S/C16H18N4OS/c1-3-9-20-15(17-14-10-12(2)18-19-14)22-11-16(20,21)13-7-5-4-6-8-13/h3-8,10,21H,1,9,11H2,2H3,(H,18,19)/p+1. The summed E-state index contributed by atoms with van der Waals surface area (Å²) >= 11 is 1.58. The summed E-state index contributed by atoms with van der Waals surface area (Å²) in [6.07, 6.45) is 1.79. The second kappa shape index (κ2) is 5.98. The van der Waals surface area contributed by atoms with Crippen LogP contribution in [0, 0.1) is 6.92 Å². The summed E-state index contributed by atoms with van der Waals surface area (Å²) < 4.78 is 1.92. The largest absolute Gasteiger partial charge is 0.349 e. The molecule has 0 spiro atoms. The number of hydrogen-bond acceptors (Lipinski definition) is 4. The molecule has 1 atom stereocenters. The van der Waals surface area contributed by atoms with Gasteiger partial charge in [-0.2, -0.15) is 0 Å². The van der Waals surface area contributed by atoms with E-state index in [1.165, 1.54) is 0 Å². The highest BCUT2D eigenvalue weighted by Crippen LogP contribution is 2.34. The molecule has 3 rings (SSSR count). The summed E-state index contributed by atoms with van der Waals surface area (Å²) in [6, 6.07) is 11.6. The van der Waals surface area contributed by atoms with Crippen molar-refractivity contribution in [2.24, 2.45) is 0 Å².